The summed E-state index contributed by atoms with van der Waals surface area (Å²) in [5.41, 5.74) is 1.69. The first-order chi connectivity index (χ1) is 6.15. The number of aliphatic carboxylic acids is 1. The minimum absolute atomic E-state index is 0.401. The van der Waals surface area contributed by atoms with Gasteiger partial charge in [-0.15, -0.1) is 0 Å². The number of nitrogens with zero attached hydrogens (tertiary/aromatic N) is 1. The van der Waals surface area contributed by atoms with Crippen molar-refractivity contribution >= 4 is 5.97 Å². The molecule has 0 aliphatic heterocycles. The molecule has 3 nitrogen and oxygen atoms in total. The fourth-order valence-electron chi connectivity index (χ4n) is 1.34. The Kier molecular flexibility index (Phi) is 3.01. The molecule has 1 heterocycles. The van der Waals surface area contributed by atoms with Crippen LogP contribution < -0.4 is 0 Å². The summed E-state index contributed by atoms with van der Waals surface area (Å²) >= 11 is 0. The number of aromatic nitrogens is 1. The lowest BCUT2D eigenvalue weighted by atomic mass is 9.97. The van der Waals surface area contributed by atoms with Gasteiger partial charge in [-0.05, 0) is 31.0 Å². The lowest BCUT2D eigenvalue weighted by Gasteiger charge is -2.09. The molecule has 1 rings (SSSR count). The molecule has 0 aliphatic rings. The van der Waals surface area contributed by atoms with Gasteiger partial charge in [0.1, 0.15) is 0 Å². The number of carboxylic acid groups (broad SMARTS) is 1. The second-order valence-electron chi connectivity index (χ2n) is 3.03. The van der Waals surface area contributed by atoms with E-state index in [2.05, 4.69) is 4.98 Å². The Balaban J connectivity index is 2.98. The summed E-state index contributed by atoms with van der Waals surface area (Å²) in [4.78, 5) is 14.8. The molecule has 70 valence electrons. The van der Waals surface area contributed by atoms with Crippen LogP contribution >= 0.6 is 0 Å². The number of hydrogen-bond donors (Lipinski definition) is 1. The van der Waals surface area contributed by atoms with Crippen molar-refractivity contribution in [3.63, 3.8) is 0 Å². The minimum atomic E-state index is -0.770. The Bertz CT molecular complexity index is 310. The van der Waals surface area contributed by atoms with Crippen molar-refractivity contribution in [1.29, 1.82) is 0 Å². The zero-order chi connectivity index (χ0) is 9.84. The van der Waals surface area contributed by atoms with Crippen molar-refractivity contribution in [3.05, 3.63) is 29.6 Å². The SMILES string of the molecule is CCC(C(=O)O)c1ccnc(C)c1. The molecule has 0 amide bonds. The summed E-state index contributed by atoms with van der Waals surface area (Å²) in [6, 6.07) is 3.58. The van der Waals surface area contributed by atoms with Gasteiger partial charge in [-0.2, -0.15) is 0 Å². The van der Waals surface area contributed by atoms with Crippen molar-refractivity contribution in [2.45, 2.75) is 26.2 Å². The Morgan fingerprint density at radius 1 is 1.69 bits per heavy atom. The molecule has 0 radical (unpaired) electrons. The number of aryl methyl sites for hydroxylation is 1. The predicted molar refractivity (Wildman–Crippen MR) is 49.6 cm³/mol. The van der Waals surface area contributed by atoms with Crippen LogP contribution in [0.25, 0.3) is 0 Å². The van der Waals surface area contributed by atoms with Crippen LogP contribution in [0.1, 0.15) is 30.5 Å². The molecule has 0 aliphatic carbocycles. The number of carbonyl (C=O) groups is 1. The third kappa shape index (κ3) is 2.28. The van der Waals surface area contributed by atoms with Gasteiger partial charge < -0.3 is 5.11 Å². The average Bonchev–Trinajstić information content (AvgIpc) is 2.04. The highest BCUT2D eigenvalue weighted by Gasteiger charge is 2.17. The average molecular weight is 179 g/mol. The zero-order valence-electron chi connectivity index (χ0n) is 7.82. The van der Waals surface area contributed by atoms with Gasteiger partial charge in [0.2, 0.25) is 0 Å². The fourth-order valence-corrected chi connectivity index (χ4v) is 1.34. The van der Waals surface area contributed by atoms with Crippen LogP contribution in [-0.4, -0.2) is 16.1 Å². The summed E-state index contributed by atoms with van der Waals surface area (Å²) in [6.45, 7) is 3.73. The van der Waals surface area contributed by atoms with E-state index in [1.807, 2.05) is 19.9 Å². The van der Waals surface area contributed by atoms with Gasteiger partial charge in [-0.1, -0.05) is 6.92 Å². The van der Waals surface area contributed by atoms with Crippen molar-refractivity contribution in [2.24, 2.45) is 0 Å². The van der Waals surface area contributed by atoms with Gasteiger partial charge in [0, 0.05) is 11.9 Å². The monoisotopic (exact) mass is 179 g/mol. The van der Waals surface area contributed by atoms with Crippen LogP contribution in [0.3, 0.4) is 0 Å². The Morgan fingerprint density at radius 2 is 2.38 bits per heavy atom. The van der Waals surface area contributed by atoms with Gasteiger partial charge in [-0.3, -0.25) is 9.78 Å². The highest BCUT2D eigenvalue weighted by Crippen LogP contribution is 2.19. The fraction of sp³-hybridized carbons (Fsp3) is 0.400. The molecule has 1 unspecified atom stereocenters. The van der Waals surface area contributed by atoms with E-state index in [1.54, 1.807) is 12.3 Å². The van der Waals surface area contributed by atoms with E-state index in [9.17, 15) is 4.79 Å². The van der Waals surface area contributed by atoms with Crippen LogP contribution in [-0.2, 0) is 4.79 Å². The minimum Gasteiger partial charge on any atom is -0.481 e. The van der Waals surface area contributed by atoms with E-state index in [1.165, 1.54) is 0 Å². The molecule has 0 saturated heterocycles. The van der Waals surface area contributed by atoms with Crippen molar-refractivity contribution < 1.29 is 9.90 Å². The molecule has 0 aromatic carbocycles. The molecule has 1 N–H and O–H groups in total. The van der Waals surface area contributed by atoms with E-state index in [0.717, 1.165) is 11.3 Å². The zero-order valence-corrected chi connectivity index (χ0v) is 7.82. The van der Waals surface area contributed by atoms with E-state index in [-0.39, 0.29) is 0 Å². The van der Waals surface area contributed by atoms with Crippen molar-refractivity contribution in [3.8, 4) is 0 Å². The maximum Gasteiger partial charge on any atom is 0.310 e. The topological polar surface area (TPSA) is 50.2 Å². The molecular formula is C10H13NO2. The molecule has 1 aromatic rings. The van der Waals surface area contributed by atoms with Crippen molar-refractivity contribution in [2.75, 3.05) is 0 Å². The summed E-state index contributed by atoms with van der Waals surface area (Å²) < 4.78 is 0. The first-order valence-corrected chi connectivity index (χ1v) is 4.30. The van der Waals surface area contributed by atoms with Crippen LogP contribution in [0.4, 0.5) is 0 Å². The summed E-state index contributed by atoms with van der Waals surface area (Å²) in [7, 11) is 0. The van der Waals surface area contributed by atoms with Gasteiger partial charge in [0.25, 0.3) is 0 Å². The van der Waals surface area contributed by atoms with E-state index >= 15 is 0 Å². The molecule has 0 bridgehead atoms. The number of carboxylic acids is 1. The Labute approximate surface area is 77.4 Å². The van der Waals surface area contributed by atoms with Gasteiger partial charge >= 0.3 is 5.97 Å². The van der Waals surface area contributed by atoms with E-state index in [4.69, 9.17) is 5.11 Å². The maximum atomic E-state index is 10.8. The van der Waals surface area contributed by atoms with Crippen LogP contribution in [0.2, 0.25) is 0 Å². The predicted octanol–water partition coefficient (Wildman–Crippen LogP) is 1.97. The van der Waals surface area contributed by atoms with Crippen LogP contribution in [0.5, 0.6) is 0 Å². The molecule has 0 fully saturated rings. The van der Waals surface area contributed by atoms with Crippen LogP contribution in [0, 0.1) is 6.92 Å². The standard InChI is InChI=1S/C10H13NO2/c1-3-9(10(12)13)8-4-5-11-7(2)6-8/h4-6,9H,3H2,1-2H3,(H,12,13). The molecule has 1 aromatic heterocycles. The Hall–Kier alpha value is -1.38. The third-order valence-corrected chi connectivity index (χ3v) is 2.03. The smallest absolute Gasteiger partial charge is 0.310 e. The summed E-state index contributed by atoms with van der Waals surface area (Å²) in [6.07, 6.45) is 2.26. The lowest BCUT2D eigenvalue weighted by Crippen LogP contribution is -2.10. The van der Waals surface area contributed by atoms with Crippen molar-refractivity contribution in [1.82, 2.24) is 4.98 Å². The molecular weight excluding hydrogens is 166 g/mol. The number of pyridine rings is 1. The second-order valence-corrected chi connectivity index (χ2v) is 3.03. The number of rotatable bonds is 3. The summed E-state index contributed by atoms with van der Waals surface area (Å²) in [5.74, 6) is -1.17. The Morgan fingerprint density at radius 3 is 2.85 bits per heavy atom. The molecule has 3 heteroatoms. The largest absolute Gasteiger partial charge is 0.481 e. The molecule has 0 saturated carbocycles. The quantitative estimate of drug-likeness (QED) is 0.771. The molecule has 1 atom stereocenters. The highest BCUT2D eigenvalue weighted by molar-refractivity contribution is 5.75. The third-order valence-electron chi connectivity index (χ3n) is 2.03. The van der Waals surface area contributed by atoms with Crippen LogP contribution in [0.15, 0.2) is 18.3 Å². The normalized spacial score (nSPS) is 12.5. The van der Waals surface area contributed by atoms with E-state index in [0.29, 0.717) is 6.42 Å². The summed E-state index contributed by atoms with van der Waals surface area (Å²) in [5, 5.41) is 8.90. The maximum absolute atomic E-state index is 10.8. The highest BCUT2D eigenvalue weighted by atomic mass is 16.4. The number of hydrogen-bond acceptors (Lipinski definition) is 2. The first-order valence-electron chi connectivity index (χ1n) is 4.30. The lowest BCUT2D eigenvalue weighted by molar-refractivity contribution is -0.138. The second kappa shape index (κ2) is 4.03. The first kappa shape index (κ1) is 9.71. The van der Waals surface area contributed by atoms with Gasteiger partial charge in [-0.25, -0.2) is 0 Å². The molecule has 13 heavy (non-hydrogen) atoms. The molecule has 0 spiro atoms. The van der Waals surface area contributed by atoms with E-state index < -0.39 is 11.9 Å². The van der Waals surface area contributed by atoms with Gasteiger partial charge in [0.05, 0.1) is 5.92 Å². The van der Waals surface area contributed by atoms with Gasteiger partial charge in [0.15, 0.2) is 0 Å².